The molecule has 18 heavy (non-hydrogen) atoms. The SMILES string of the molecule is CC1(C)OB(c2cnc(C(=O)O)nc2)OC1(C)C. The minimum Gasteiger partial charge on any atom is -0.475 e. The minimum atomic E-state index is -1.16. The summed E-state index contributed by atoms with van der Waals surface area (Å²) in [7, 11) is -0.571. The van der Waals surface area contributed by atoms with Crippen LogP contribution in [0.5, 0.6) is 0 Å². The van der Waals surface area contributed by atoms with Crippen LogP contribution in [0.4, 0.5) is 0 Å². The van der Waals surface area contributed by atoms with Crippen LogP contribution in [0, 0.1) is 0 Å². The van der Waals surface area contributed by atoms with Crippen LogP contribution in [-0.2, 0) is 9.31 Å². The van der Waals surface area contributed by atoms with Crippen molar-refractivity contribution in [2.75, 3.05) is 0 Å². The number of aromatic nitrogens is 2. The number of nitrogens with zero attached hydrogens (tertiary/aromatic N) is 2. The zero-order chi connectivity index (χ0) is 13.6. The summed E-state index contributed by atoms with van der Waals surface area (Å²) in [5, 5.41) is 8.72. The predicted octanol–water partition coefficient (Wildman–Crippen LogP) is 0.474. The van der Waals surface area contributed by atoms with Gasteiger partial charge in [0.15, 0.2) is 0 Å². The van der Waals surface area contributed by atoms with E-state index in [0.717, 1.165) is 0 Å². The van der Waals surface area contributed by atoms with Crippen LogP contribution in [0.3, 0.4) is 0 Å². The number of hydrogen-bond acceptors (Lipinski definition) is 5. The molecule has 0 aromatic carbocycles. The van der Waals surface area contributed by atoms with Crippen LogP contribution < -0.4 is 5.46 Å². The fourth-order valence-electron chi connectivity index (χ4n) is 1.55. The fourth-order valence-corrected chi connectivity index (χ4v) is 1.55. The quantitative estimate of drug-likeness (QED) is 0.768. The third kappa shape index (κ3) is 2.11. The van der Waals surface area contributed by atoms with Crippen molar-refractivity contribution < 1.29 is 19.2 Å². The van der Waals surface area contributed by atoms with Crippen LogP contribution in [0.25, 0.3) is 0 Å². The molecule has 0 saturated carbocycles. The Labute approximate surface area is 105 Å². The van der Waals surface area contributed by atoms with Crippen molar-refractivity contribution in [2.45, 2.75) is 38.9 Å². The molecule has 2 rings (SSSR count). The predicted molar refractivity (Wildman–Crippen MR) is 64.7 cm³/mol. The Kier molecular flexibility index (Phi) is 2.91. The van der Waals surface area contributed by atoms with Gasteiger partial charge in [0.1, 0.15) is 0 Å². The Hall–Kier alpha value is -1.47. The van der Waals surface area contributed by atoms with Gasteiger partial charge in [0.2, 0.25) is 5.82 Å². The monoisotopic (exact) mass is 250 g/mol. The number of carbonyl (C=O) groups is 1. The van der Waals surface area contributed by atoms with Gasteiger partial charge in [0.25, 0.3) is 0 Å². The second kappa shape index (κ2) is 4.03. The molecule has 1 saturated heterocycles. The molecule has 1 N–H and O–H groups in total. The lowest BCUT2D eigenvalue weighted by Gasteiger charge is -2.32. The highest BCUT2D eigenvalue weighted by Gasteiger charge is 2.51. The second-order valence-electron chi connectivity index (χ2n) is 5.23. The molecule has 1 fully saturated rings. The Balaban J connectivity index is 2.22. The van der Waals surface area contributed by atoms with E-state index < -0.39 is 24.3 Å². The highest BCUT2D eigenvalue weighted by atomic mass is 16.7. The molecule has 1 aliphatic heterocycles. The summed E-state index contributed by atoms with van der Waals surface area (Å²) in [6.07, 6.45) is 2.83. The van der Waals surface area contributed by atoms with Gasteiger partial charge >= 0.3 is 13.1 Å². The van der Waals surface area contributed by atoms with Gasteiger partial charge in [-0.25, -0.2) is 14.8 Å². The first-order valence-electron chi connectivity index (χ1n) is 5.64. The number of rotatable bonds is 2. The molecular weight excluding hydrogens is 235 g/mol. The number of hydrogen-bond donors (Lipinski definition) is 1. The van der Waals surface area contributed by atoms with Crippen molar-refractivity contribution in [3.63, 3.8) is 0 Å². The molecule has 1 aromatic rings. The molecule has 96 valence electrons. The van der Waals surface area contributed by atoms with Crippen LogP contribution in [0.2, 0.25) is 0 Å². The standard InChI is InChI=1S/C11H15BN2O4/c1-10(2)11(3,4)18-12(17-10)7-5-13-8(9(15)16)14-6-7/h5-6H,1-4H3,(H,15,16). The Morgan fingerprint density at radius 2 is 1.61 bits per heavy atom. The summed E-state index contributed by atoms with van der Waals surface area (Å²) in [6, 6.07) is 0. The van der Waals surface area contributed by atoms with Gasteiger partial charge in [-0.2, -0.15) is 0 Å². The topological polar surface area (TPSA) is 81.5 Å². The van der Waals surface area contributed by atoms with Crippen molar-refractivity contribution in [3.8, 4) is 0 Å². The first kappa shape index (κ1) is 13.0. The maximum Gasteiger partial charge on any atom is 0.498 e. The molecule has 6 nitrogen and oxygen atoms in total. The molecule has 2 heterocycles. The van der Waals surface area contributed by atoms with E-state index in [0.29, 0.717) is 5.46 Å². The van der Waals surface area contributed by atoms with Gasteiger partial charge in [-0.15, -0.1) is 0 Å². The second-order valence-corrected chi connectivity index (χ2v) is 5.23. The fraction of sp³-hybridized carbons (Fsp3) is 0.545. The third-order valence-corrected chi connectivity index (χ3v) is 3.39. The van der Waals surface area contributed by atoms with E-state index in [4.69, 9.17) is 14.4 Å². The van der Waals surface area contributed by atoms with E-state index in [1.165, 1.54) is 12.4 Å². The van der Waals surface area contributed by atoms with Gasteiger partial charge in [0, 0.05) is 17.9 Å². The van der Waals surface area contributed by atoms with Crippen LogP contribution >= 0.6 is 0 Å². The summed E-state index contributed by atoms with van der Waals surface area (Å²) < 4.78 is 11.6. The zero-order valence-electron chi connectivity index (χ0n) is 10.8. The lowest BCUT2D eigenvalue weighted by atomic mass is 9.81. The highest BCUT2D eigenvalue weighted by Crippen LogP contribution is 2.36. The molecular formula is C11H15BN2O4. The lowest BCUT2D eigenvalue weighted by Crippen LogP contribution is -2.41. The van der Waals surface area contributed by atoms with Crippen LogP contribution in [0.15, 0.2) is 12.4 Å². The van der Waals surface area contributed by atoms with E-state index in [1.807, 2.05) is 27.7 Å². The number of carboxylic acids is 1. The molecule has 7 heteroatoms. The summed E-state index contributed by atoms with van der Waals surface area (Å²) in [4.78, 5) is 18.1. The third-order valence-electron chi connectivity index (χ3n) is 3.39. The zero-order valence-corrected chi connectivity index (χ0v) is 10.8. The first-order valence-corrected chi connectivity index (χ1v) is 5.64. The van der Waals surface area contributed by atoms with Gasteiger partial charge in [-0.3, -0.25) is 0 Å². The van der Waals surface area contributed by atoms with E-state index in [1.54, 1.807) is 0 Å². The van der Waals surface area contributed by atoms with E-state index in [-0.39, 0.29) is 5.82 Å². The Bertz CT molecular complexity index is 456. The molecule has 1 aromatic heterocycles. The smallest absolute Gasteiger partial charge is 0.475 e. The van der Waals surface area contributed by atoms with E-state index in [2.05, 4.69) is 9.97 Å². The van der Waals surface area contributed by atoms with Crippen molar-refractivity contribution in [1.82, 2.24) is 9.97 Å². The minimum absolute atomic E-state index is 0.240. The van der Waals surface area contributed by atoms with Crippen molar-refractivity contribution in [3.05, 3.63) is 18.2 Å². The van der Waals surface area contributed by atoms with Gasteiger partial charge in [0.05, 0.1) is 11.2 Å². The summed E-state index contributed by atoms with van der Waals surface area (Å²) >= 11 is 0. The van der Waals surface area contributed by atoms with Crippen LogP contribution in [0.1, 0.15) is 38.3 Å². The van der Waals surface area contributed by atoms with Crippen molar-refractivity contribution in [1.29, 1.82) is 0 Å². The maximum absolute atomic E-state index is 10.7. The summed E-state index contributed by atoms with van der Waals surface area (Å²) in [6.45, 7) is 7.78. The first-order chi connectivity index (χ1) is 8.23. The molecule has 1 aliphatic rings. The molecule has 0 bridgehead atoms. The molecule has 0 amide bonds. The summed E-state index contributed by atoms with van der Waals surface area (Å²) in [5.74, 6) is -1.40. The molecule has 0 spiro atoms. The molecule has 0 radical (unpaired) electrons. The summed E-state index contributed by atoms with van der Waals surface area (Å²) in [5.41, 5.74) is -0.273. The van der Waals surface area contributed by atoms with E-state index >= 15 is 0 Å². The average molecular weight is 250 g/mol. The molecule has 0 atom stereocenters. The Morgan fingerprint density at radius 1 is 1.17 bits per heavy atom. The van der Waals surface area contributed by atoms with Crippen molar-refractivity contribution in [2.24, 2.45) is 0 Å². The van der Waals surface area contributed by atoms with Crippen LogP contribution in [-0.4, -0.2) is 39.4 Å². The van der Waals surface area contributed by atoms with Gasteiger partial charge < -0.3 is 14.4 Å². The van der Waals surface area contributed by atoms with E-state index in [9.17, 15) is 4.79 Å². The largest absolute Gasteiger partial charge is 0.498 e. The number of aromatic carboxylic acids is 1. The normalized spacial score (nSPS) is 21.0. The molecule has 0 unspecified atom stereocenters. The molecule has 0 aliphatic carbocycles. The lowest BCUT2D eigenvalue weighted by molar-refractivity contribution is 0.00578. The van der Waals surface area contributed by atoms with Gasteiger partial charge in [-0.1, -0.05) is 0 Å². The Morgan fingerprint density at radius 3 is 2.00 bits per heavy atom. The number of carboxylic acid groups (broad SMARTS) is 1. The van der Waals surface area contributed by atoms with Gasteiger partial charge in [-0.05, 0) is 27.7 Å². The maximum atomic E-state index is 10.7. The van der Waals surface area contributed by atoms with Crippen molar-refractivity contribution >= 4 is 18.6 Å². The average Bonchev–Trinajstić information content (AvgIpc) is 2.48. The highest BCUT2D eigenvalue weighted by molar-refractivity contribution is 6.61.